The van der Waals surface area contributed by atoms with Gasteiger partial charge in [-0.1, -0.05) is 30.3 Å². The third-order valence-corrected chi connectivity index (χ3v) is 4.60. The van der Waals surface area contributed by atoms with Gasteiger partial charge in [0, 0.05) is 25.2 Å². The maximum atomic E-state index is 13.0. The highest BCUT2D eigenvalue weighted by Crippen LogP contribution is 2.26. The molecule has 1 saturated heterocycles. The molecule has 1 aliphatic rings. The van der Waals surface area contributed by atoms with E-state index in [0.717, 1.165) is 35.7 Å². The Morgan fingerprint density at radius 1 is 1.12 bits per heavy atom. The Hall–Kier alpha value is -2.53. The fourth-order valence-electron chi connectivity index (χ4n) is 3.24. The van der Waals surface area contributed by atoms with E-state index in [1.54, 1.807) is 14.2 Å². The smallest absolute Gasteiger partial charge is 0.227 e. The SMILES string of the molecule is COc1ccc(C2CNCCN2C(=O)Cc2ccccc2OC)cc1. The van der Waals surface area contributed by atoms with Gasteiger partial charge in [-0.3, -0.25) is 4.79 Å². The number of para-hydroxylation sites is 1. The minimum Gasteiger partial charge on any atom is -0.497 e. The van der Waals surface area contributed by atoms with Crippen molar-refractivity contribution in [2.75, 3.05) is 33.9 Å². The molecule has 132 valence electrons. The quantitative estimate of drug-likeness (QED) is 0.908. The van der Waals surface area contributed by atoms with Crippen LogP contribution in [0.15, 0.2) is 48.5 Å². The van der Waals surface area contributed by atoms with Gasteiger partial charge in [0.05, 0.1) is 26.7 Å². The van der Waals surface area contributed by atoms with Crippen molar-refractivity contribution in [3.05, 3.63) is 59.7 Å². The van der Waals surface area contributed by atoms with Gasteiger partial charge in [-0.05, 0) is 23.8 Å². The van der Waals surface area contributed by atoms with E-state index in [-0.39, 0.29) is 11.9 Å². The molecule has 3 rings (SSSR count). The molecule has 1 fully saturated rings. The Morgan fingerprint density at radius 2 is 1.88 bits per heavy atom. The zero-order chi connectivity index (χ0) is 17.6. The summed E-state index contributed by atoms with van der Waals surface area (Å²) in [5.74, 6) is 1.69. The lowest BCUT2D eigenvalue weighted by Crippen LogP contribution is -2.49. The number of hydrogen-bond donors (Lipinski definition) is 1. The van der Waals surface area contributed by atoms with Gasteiger partial charge in [-0.25, -0.2) is 0 Å². The number of carbonyl (C=O) groups is 1. The number of nitrogens with one attached hydrogen (secondary N) is 1. The van der Waals surface area contributed by atoms with Gasteiger partial charge in [0.25, 0.3) is 0 Å². The molecular weight excluding hydrogens is 316 g/mol. The molecule has 0 aromatic heterocycles. The number of nitrogens with zero attached hydrogens (tertiary/aromatic N) is 1. The number of ether oxygens (including phenoxy) is 2. The van der Waals surface area contributed by atoms with Gasteiger partial charge in [0.2, 0.25) is 5.91 Å². The van der Waals surface area contributed by atoms with E-state index in [1.807, 2.05) is 53.4 Å². The second kappa shape index (κ2) is 8.03. The number of hydrogen-bond acceptors (Lipinski definition) is 4. The van der Waals surface area contributed by atoms with Crippen LogP contribution >= 0.6 is 0 Å². The number of amides is 1. The lowest BCUT2D eigenvalue weighted by molar-refractivity contribution is -0.133. The summed E-state index contributed by atoms with van der Waals surface area (Å²) in [4.78, 5) is 14.9. The van der Waals surface area contributed by atoms with E-state index < -0.39 is 0 Å². The molecule has 2 aromatic carbocycles. The normalized spacial score (nSPS) is 17.2. The molecule has 0 spiro atoms. The third kappa shape index (κ3) is 3.94. The van der Waals surface area contributed by atoms with Crippen molar-refractivity contribution in [2.24, 2.45) is 0 Å². The van der Waals surface area contributed by atoms with Crippen LogP contribution in [-0.2, 0) is 11.2 Å². The fraction of sp³-hybridized carbons (Fsp3) is 0.350. The maximum Gasteiger partial charge on any atom is 0.227 e. The van der Waals surface area contributed by atoms with Crippen LogP contribution in [0.2, 0.25) is 0 Å². The number of methoxy groups -OCH3 is 2. The first-order valence-electron chi connectivity index (χ1n) is 8.49. The Morgan fingerprint density at radius 3 is 2.60 bits per heavy atom. The molecule has 0 saturated carbocycles. The summed E-state index contributed by atoms with van der Waals surface area (Å²) in [7, 11) is 3.29. The summed E-state index contributed by atoms with van der Waals surface area (Å²) in [6.07, 6.45) is 0.344. The number of piperazine rings is 1. The predicted molar refractivity (Wildman–Crippen MR) is 97.0 cm³/mol. The maximum absolute atomic E-state index is 13.0. The molecule has 1 amide bonds. The molecular formula is C20H24N2O3. The first kappa shape index (κ1) is 17.3. The van der Waals surface area contributed by atoms with Crippen molar-refractivity contribution in [1.82, 2.24) is 10.2 Å². The molecule has 0 bridgehead atoms. The minimum atomic E-state index is 0.0295. The summed E-state index contributed by atoms with van der Waals surface area (Å²) < 4.78 is 10.6. The van der Waals surface area contributed by atoms with Crippen LogP contribution in [0.5, 0.6) is 11.5 Å². The number of rotatable bonds is 5. The van der Waals surface area contributed by atoms with Gasteiger partial charge in [0.15, 0.2) is 0 Å². The second-order valence-corrected chi connectivity index (χ2v) is 6.07. The Bertz CT molecular complexity index is 715. The summed E-state index contributed by atoms with van der Waals surface area (Å²) in [5.41, 5.74) is 2.03. The van der Waals surface area contributed by atoms with Crippen molar-refractivity contribution in [1.29, 1.82) is 0 Å². The monoisotopic (exact) mass is 340 g/mol. The van der Waals surface area contributed by atoms with E-state index in [9.17, 15) is 4.79 Å². The van der Waals surface area contributed by atoms with Crippen molar-refractivity contribution in [3.8, 4) is 11.5 Å². The lowest BCUT2D eigenvalue weighted by Gasteiger charge is -2.37. The van der Waals surface area contributed by atoms with Gasteiger partial charge in [0.1, 0.15) is 11.5 Å². The second-order valence-electron chi connectivity index (χ2n) is 6.07. The van der Waals surface area contributed by atoms with E-state index in [0.29, 0.717) is 13.0 Å². The Kier molecular flexibility index (Phi) is 5.56. The van der Waals surface area contributed by atoms with Crippen LogP contribution in [0.1, 0.15) is 17.2 Å². The zero-order valence-corrected chi connectivity index (χ0v) is 14.7. The molecule has 1 heterocycles. The standard InChI is InChI=1S/C20H24N2O3/c1-24-17-9-7-15(8-10-17)18-14-21-11-12-22(18)20(23)13-16-5-3-4-6-19(16)25-2/h3-10,18,21H,11-14H2,1-2H3. The van der Waals surface area contributed by atoms with Crippen LogP contribution in [-0.4, -0.2) is 44.7 Å². The molecule has 1 N–H and O–H groups in total. The van der Waals surface area contributed by atoms with Crippen molar-refractivity contribution in [3.63, 3.8) is 0 Å². The van der Waals surface area contributed by atoms with Gasteiger partial charge >= 0.3 is 0 Å². The molecule has 2 aromatic rings. The highest BCUT2D eigenvalue weighted by atomic mass is 16.5. The summed E-state index contributed by atoms with van der Waals surface area (Å²) in [5, 5.41) is 3.38. The topological polar surface area (TPSA) is 50.8 Å². The Balaban J connectivity index is 1.78. The van der Waals surface area contributed by atoms with Gasteiger partial charge in [-0.15, -0.1) is 0 Å². The van der Waals surface area contributed by atoms with Gasteiger partial charge < -0.3 is 19.7 Å². The molecule has 1 unspecified atom stereocenters. The molecule has 1 aliphatic heterocycles. The van der Waals surface area contributed by atoms with E-state index in [4.69, 9.17) is 9.47 Å². The van der Waals surface area contributed by atoms with Crippen LogP contribution in [0, 0.1) is 0 Å². The number of carbonyl (C=O) groups excluding carboxylic acids is 1. The van der Waals surface area contributed by atoms with Crippen molar-refractivity contribution < 1.29 is 14.3 Å². The van der Waals surface area contributed by atoms with E-state index >= 15 is 0 Å². The highest BCUT2D eigenvalue weighted by Gasteiger charge is 2.28. The Labute approximate surface area is 148 Å². The van der Waals surface area contributed by atoms with E-state index in [1.165, 1.54) is 0 Å². The molecule has 1 atom stereocenters. The third-order valence-electron chi connectivity index (χ3n) is 4.60. The van der Waals surface area contributed by atoms with Gasteiger partial charge in [-0.2, -0.15) is 0 Å². The highest BCUT2D eigenvalue weighted by molar-refractivity contribution is 5.80. The average Bonchev–Trinajstić information content (AvgIpc) is 2.68. The summed E-state index contributed by atoms with van der Waals surface area (Å²) in [6, 6.07) is 15.6. The number of benzene rings is 2. The minimum absolute atomic E-state index is 0.0295. The molecule has 5 nitrogen and oxygen atoms in total. The molecule has 5 heteroatoms. The van der Waals surface area contributed by atoms with Crippen LogP contribution < -0.4 is 14.8 Å². The first-order valence-corrected chi connectivity index (χ1v) is 8.49. The molecule has 0 aliphatic carbocycles. The van der Waals surface area contributed by atoms with Crippen LogP contribution in [0.25, 0.3) is 0 Å². The zero-order valence-electron chi connectivity index (χ0n) is 14.7. The molecule has 25 heavy (non-hydrogen) atoms. The fourth-order valence-corrected chi connectivity index (χ4v) is 3.24. The summed E-state index contributed by atoms with van der Waals surface area (Å²) >= 11 is 0. The van der Waals surface area contributed by atoms with E-state index in [2.05, 4.69) is 5.32 Å². The first-order chi connectivity index (χ1) is 12.2. The average molecular weight is 340 g/mol. The lowest BCUT2D eigenvalue weighted by atomic mass is 10.0. The largest absolute Gasteiger partial charge is 0.497 e. The predicted octanol–water partition coefficient (Wildman–Crippen LogP) is 2.42. The molecule has 0 radical (unpaired) electrons. The van der Waals surface area contributed by atoms with Crippen LogP contribution in [0.3, 0.4) is 0 Å². The van der Waals surface area contributed by atoms with Crippen molar-refractivity contribution >= 4 is 5.91 Å². The summed E-state index contributed by atoms with van der Waals surface area (Å²) in [6.45, 7) is 2.26. The van der Waals surface area contributed by atoms with Crippen LogP contribution in [0.4, 0.5) is 0 Å². The van der Waals surface area contributed by atoms with Crippen molar-refractivity contribution in [2.45, 2.75) is 12.5 Å².